The molecule has 5 aromatic rings. The van der Waals surface area contributed by atoms with Crippen LogP contribution in [0.4, 0.5) is 111 Å². The predicted octanol–water partition coefficient (Wildman–Crippen LogP) is 20.1. The maximum Gasteiger partial charge on any atom is 1.00 e. The fourth-order valence-electron chi connectivity index (χ4n) is 11.3. The number of carbonyl (C=O) groups is 9. The summed E-state index contributed by atoms with van der Waals surface area (Å²) < 4.78 is 144. The van der Waals surface area contributed by atoms with Crippen LogP contribution < -0.4 is 40.6 Å². The minimum absolute atomic E-state index is 0. The molecule has 0 spiro atoms. The number of nitro groups is 4. The number of halogens is 16. The van der Waals surface area contributed by atoms with Crippen molar-refractivity contribution < 1.29 is 193 Å². The van der Waals surface area contributed by atoms with Crippen LogP contribution in [0.25, 0.3) is 26.4 Å². The zero-order chi connectivity index (χ0) is 110. The third kappa shape index (κ3) is 70.7. The van der Waals surface area contributed by atoms with Gasteiger partial charge in [0.05, 0.1) is 62.3 Å². The number of ether oxygens (including phenoxy) is 4. The Kier molecular flexibility index (Phi) is 90.0. The van der Waals surface area contributed by atoms with E-state index < -0.39 is 104 Å². The van der Waals surface area contributed by atoms with Crippen molar-refractivity contribution in [3.05, 3.63) is 222 Å². The van der Waals surface area contributed by atoms with Gasteiger partial charge in [0.2, 0.25) is 0 Å². The number of amides is 6. The summed E-state index contributed by atoms with van der Waals surface area (Å²) in [7, 11) is -3.47. The van der Waals surface area contributed by atoms with Crippen LogP contribution in [0.5, 0.6) is 0 Å². The Morgan fingerprint density at radius 3 is 1.08 bits per heavy atom. The van der Waals surface area contributed by atoms with E-state index in [0.717, 1.165) is 62.0 Å². The van der Waals surface area contributed by atoms with Gasteiger partial charge >= 0.3 is 53.9 Å². The van der Waals surface area contributed by atoms with Crippen molar-refractivity contribution in [1.82, 2.24) is 29.8 Å². The maximum absolute atomic E-state index is 12.7. The topological polar surface area (TPSA) is 568 Å². The second kappa shape index (κ2) is 84.0. The number of likely N-dealkylation sites (tertiary alicyclic amines) is 5. The summed E-state index contributed by atoms with van der Waals surface area (Å²) in [5, 5.41) is 49.0. The molecule has 3 N–H and O–H groups in total. The first kappa shape index (κ1) is 153. The zero-order valence-electron chi connectivity index (χ0n) is 82.5. The number of nitro benzene ring substituents is 4. The zero-order valence-corrected chi connectivity index (χ0v) is 86.0. The van der Waals surface area contributed by atoms with Crippen molar-refractivity contribution >= 4 is 97.5 Å². The first-order valence-electron chi connectivity index (χ1n) is 41.5. The molecule has 5 aromatic carbocycles. The summed E-state index contributed by atoms with van der Waals surface area (Å²) in [6, 6.07) is 32.4. The second-order valence-electron chi connectivity index (χ2n) is 31.6. The van der Waals surface area contributed by atoms with Crippen LogP contribution >= 0.6 is 11.6 Å². The molecule has 0 aromatic heterocycles. The molecular formula is C84H124ClF15N17NaO24S. The SMILES string of the molecule is CC.CC.CC.CC(=O)c1cc([N+](=O)[O-])cc([N+](=O)[O-])c1.CC(C)(C)OC(=O)N1CC[C@@H](OS(C)(=O)=O)C1.CC(C)(C)OC(=O)N1CC[C@H](N)C1.CC(C)(C)OC(=O)N1CC[C@H](N=[N+]=[N-])C1.CC(C)(C)OC(=O)N1CC[C@H](NC(=O)c2ccccc2)C1.F.F.F.FF.FF.FF.FF.FF.FF.O=C(C[C@@H]1CCN(C(=O)c2cc([N+](=O)[O-])cc([N+](=O)[O-])c2)C1)c1ccccc1.O=C(Cl)c1ccccc1.[N-]=[N+]=[N-].[Na+]. The Bertz CT molecular complexity index is 4600. The van der Waals surface area contributed by atoms with Gasteiger partial charge in [-0.25, -0.2) is 19.2 Å². The van der Waals surface area contributed by atoms with Crippen molar-refractivity contribution in [3.8, 4) is 0 Å². The summed E-state index contributed by atoms with van der Waals surface area (Å²) >= 11 is 5.16. The number of hydrogen-bond donors (Lipinski definition) is 2. The molecular weight excluding hydrogens is 2010 g/mol. The molecule has 59 heteroatoms. The molecule has 0 unspecified atom stereocenters. The number of non-ortho nitro benzene ring substituents is 4. The number of azide groups is 1. The summed E-state index contributed by atoms with van der Waals surface area (Å²) in [4.78, 5) is 157. The number of nitrogens with one attached hydrogen (secondary N) is 1. The van der Waals surface area contributed by atoms with E-state index in [-0.39, 0.29) is 115 Å². The van der Waals surface area contributed by atoms with Crippen molar-refractivity contribution in [2.45, 2.75) is 217 Å². The number of rotatable bonds is 15. The van der Waals surface area contributed by atoms with E-state index in [9.17, 15) is 92.0 Å². The fraction of sp³-hybridized carbons (Fsp3) is 0.536. The number of hydrogen-bond acceptors (Lipinski definition) is 26. The molecule has 0 saturated carbocycles. The smallest absolute Gasteiger partial charge is 0.444 e. The minimum Gasteiger partial charge on any atom is -0.444 e. The average molecular weight is 2130 g/mol. The van der Waals surface area contributed by atoms with Crippen LogP contribution in [0.1, 0.15) is 222 Å². The van der Waals surface area contributed by atoms with Gasteiger partial charge in [-0.05, 0) is 157 Å². The van der Waals surface area contributed by atoms with Crippen LogP contribution in [-0.4, -0.2) is 224 Å². The molecule has 143 heavy (non-hydrogen) atoms. The van der Waals surface area contributed by atoms with Gasteiger partial charge in [-0.3, -0.25) is 87.6 Å². The second-order valence-corrected chi connectivity index (χ2v) is 33.6. The number of benzene rings is 5. The van der Waals surface area contributed by atoms with E-state index in [2.05, 4.69) is 15.3 Å². The van der Waals surface area contributed by atoms with E-state index in [0.29, 0.717) is 94.7 Å². The van der Waals surface area contributed by atoms with Crippen LogP contribution in [-0.2, 0) is 33.2 Å². The Hall–Kier alpha value is -12.5. The molecule has 0 bridgehead atoms. The van der Waals surface area contributed by atoms with Crippen LogP contribution in [0.15, 0.2) is 133 Å². The van der Waals surface area contributed by atoms with E-state index in [1.807, 2.05) is 134 Å². The van der Waals surface area contributed by atoms with Gasteiger partial charge in [0.1, 0.15) is 22.4 Å². The predicted molar refractivity (Wildman–Crippen MR) is 498 cm³/mol. The molecule has 5 aliphatic rings. The van der Waals surface area contributed by atoms with Gasteiger partial charge in [-0.15, -0.1) is 0 Å². The first-order valence-corrected chi connectivity index (χ1v) is 43.7. The third-order valence-corrected chi connectivity index (χ3v) is 17.5. The maximum atomic E-state index is 12.7. The standard InChI is InChI=1S/C19H17N3O6.C16H22N2O3.C10H19NO5S.C9H16N4O2.C9H18N2O2.C8H6N2O5.C7H5ClO.3C2H6.6F2.3FH.N3.Na/c23-18(14-4-2-1-3-5-14)8-13-6-7-20(12-13)19(24)15-9-16(21(25)26)11-17(10-15)22(27)28;1-16(2,3)21-15(20)18-10-9-13(11-18)17-14(19)12-7-5-4-6-8-12;1-10(2,3)15-9(12)11-6-5-8(7-11)16-17(4,13)14;1-9(2,3)15-8(14)13-5-4-7(6-13)11-12-10;1-9(2,3)13-8(12)11-5-4-7(10)6-11;1-5(11)6-2-7(9(12)13)4-8(3-6)10(14)15;8-7(9)6-4-2-1-3-5-6;9*1-2;;;;1-3-2;/h1-5,9-11,13H,6-8,12H2;4-8,13H,9-11H2,1-3H3,(H,17,19);8H,5-7H2,1-4H3;7H,4-6H2,1-3H3;7H,4-6,10H2,1-3H3;2-4H,1H3;1-5H;3*1-2H3;;;;;;;3*1H;;/q;;;;;;;;;;;;;;;;;;;-1;+1/t2*13-;8-;2*7-;;;;;;;;;;;;;;;;/m00100................/s1. The van der Waals surface area contributed by atoms with Gasteiger partial charge in [0.25, 0.3) is 49.9 Å². The average Bonchev–Trinajstić information content (AvgIpc) is 1.65. The van der Waals surface area contributed by atoms with E-state index in [1.165, 1.54) is 21.6 Å². The van der Waals surface area contributed by atoms with Crippen molar-refractivity contribution in [3.63, 3.8) is 0 Å². The Balaban J connectivity index is -0.000000155. The van der Waals surface area contributed by atoms with Crippen LogP contribution in [0, 0.1) is 46.4 Å². The van der Waals surface area contributed by atoms with Crippen LogP contribution in [0.3, 0.4) is 0 Å². The molecule has 5 saturated heterocycles. The summed E-state index contributed by atoms with van der Waals surface area (Å²) in [6.07, 6.45) is 2.96. The summed E-state index contributed by atoms with van der Waals surface area (Å²) in [5.41, 5.74) is 25.2. The Morgan fingerprint density at radius 1 is 0.455 bits per heavy atom. The Labute approximate surface area is 843 Å². The van der Waals surface area contributed by atoms with E-state index in [4.69, 9.17) is 112 Å². The molecule has 6 amide bonds. The molecule has 5 atom stereocenters. The number of carbonyl (C=O) groups excluding carboxylic acids is 9. The summed E-state index contributed by atoms with van der Waals surface area (Å²) in [5.74, 6) is -1.11. The van der Waals surface area contributed by atoms with Gasteiger partial charge in [0, 0.05) is 184 Å². The molecule has 0 radical (unpaired) electrons. The number of nitrogens with two attached hydrogens (primary N) is 1. The van der Waals surface area contributed by atoms with Gasteiger partial charge in [0.15, 0.2) is 11.6 Å². The largest absolute Gasteiger partial charge is 1.00 e. The molecule has 5 heterocycles. The first-order chi connectivity index (χ1) is 65.2. The third-order valence-electron chi connectivity index (χ3n) is 16.7. The number of Topliss-reactive ketones (excluding diaryl/α,β-unsaturated/α-hetero) is 2. The van der Waals surface area contributed by atoms with E-state index >= 15 is 0 Å². The van der Waals surface area contributed by atoms with Crippen molar-refractivity contribution in [2.75, 3.05) is 71.7 Å². The molecule has 5 fully saturated rings. The normalized spacial score (nSPS) is 14.8. The fourth-order valence-corrected chi connectivity index (χ4v) is 12.1. The molecule has 808 valence electrons. The molecule has 0 aliphatic carbocycles. The number of nitrogens with zero attached hydrogens (tertiary/aromatic N) is 15. The Morgan fingerprint density at radius 2 is 0.762 bits per heavy atom. The summed E-state index contributed by atoms with van der Waals surface area (Å²) in [6.45, 7) is 40.0. The van der Waals surface area contributed by atoms with Crippen LogP contribution in [0.2, 0.25) is 0 Å². The van der Waals surface area contributed by atoms with Gasteiger partial charge < -0.3 is 65.6 Å². The molecule has 5 aliphatic heterocycles. The van der Waals surface area contributed by atoms with E-state index in [1.54, 1.807) is 96.1 Å². The number of ketones is 2. The van der Waals surface area contributed by atoms with Crippen molar-refractivity contribution in [2.24, 2.45) is 16.8 Å². The van der Waals surface area contributed by atoms with Gasteiger partial charge in [-0.2, -0.15) is 8.42 Å². The monoisotopic (exact) mass is 2130 g/mol. The van der Waals surface area contributed by atoms with Gasteiger partial charge in [-0.1, -0.05) is 126 Å². The quantitative estimate of drug-likeness (QED) is 0.00840. The molecule has 41 nitrogen and oxygen atoms in total. The molecule has 10 rings (SSSR count). The minimum atomic E-state index is -3.47. The van der Waals surface area contributed by atoms with Crippen molar-refractivity contribution in [1.29, 1.82) is 0 Å².